The molecule has 1 saturated heterocycles. The number of amides is 3. The molecule has 0 radical (unpaired) electrons. The minimum absolute atomic E-state index is 0.171. The summed E-state index contributed by atoms with van der Waals surface area (Å²) >= 11 is 0. The maximum atomic E-state index is 14.0. The van der Waals surface area contributed by atoms with E-state index in [-0.39, 0.29) is 12.1 Å². The summed E-state index contributed by atoms with van der Waals surface area (Å²) in [6.45, 7) is 1.76. The van der Waals surface area contributed by atoms with Crippen LogP contribution in [0.5, 0.6) is 0 Å². The number of nitrogens with zero attached hydrogens (tertiary/aromatic N) is 2. The highest BCUT2D eigenvalue weighted by Gasteiger charge is 2.49. The summed E-state index contributed by atoms with van der Waals surface area (Å²) in [5.74, 6) is -0.957. The average Bonchev–Trinajstić information content (AvgIpc) is 2.77. The molecule has 3 amide bonds. The predicted molar refractivity (Wildman–Crippen MR) is 81.9 cm³/mol. The number of imide groups is 1. The summed E-state index contributed by atoms with van der Waals surface area (Å²) in [7, 11) is 0. The molecule has 23 heavy (non-hydrogen) atoms. The molecule has 0 aliphatic carbocycles. The normalized spacial score (nSPS) is 20.7. The number of aromatic nitrogens is 1. The number of hydrogen-bond donors (Lipinski definition) is 1. The summed E-state index contributed by atoms with van der Waals surface area (Å²) in [5.41, 5.74) is -0.231. The van der Waals surface area contributed by atoms with Crippen LogP contribution in [0.1, 0.15) is 18.1 Å². The molecule has 2 heterocycles. The average molecular weight is 313 g/mol. The third-order valence-corrected chi connectivity index (χ3v) is 4.06. The fraction of sp³-hybridized carbons (Fsp3) is 0.235. The highest BCUT2D eigenvalue weighted by atomic mass is 19.1. The van der Waals surface area contributed by atoms with Gasteiger partial charge in [-0.3, -0.25) is 14.7 Å². The van der Waals surface area contributed by atoms with Gasteiger partial charge in [0.05, 0.1) is 0 Å². The first-order valence-corrected chi connectivity index (χ1v) is 7.30. The molecule has 0 unspecified atom stereocenters. The van der Waals surface area contributed by atoms with Gasteiger partial charge in [0.15, 0.2) is 0 Å². The van der Waals surface area contributed by atoms with E-state index in [4.69, 9.17) is 0 Å². The monoisotopic (exact) mass is 313 g/mol. The lowest BCUT2D eigenvalue weighted by atomic mass is 9.91. The summed E-state index contributed by atoms with van der Waals surface area (Å²) in [5, 5.41) is 2.61. The van der Waals surface area contributed by atoms with Gasteiger partial charge in [-0.05, 0) is 37.1 Å². The molecular formula is C17H16FN3O2. The number of carbonyl (C=O) groups excluding carboxylic acids is 2. The third kappa shape index (κ3) is 2.67. The zero-order valence-electron chi connectivity index (χ0n) is 12.6. The number of benzene rings is 1. The van der Waals surface area contributed by atoms with Crippen LogP contribution in [0.15, 0.2) is 48.8 Å². The molecule has 118 valence electrons. The van der Waals surface area contributed by atoms with Crippen LogP contribution in [0.3, 0.4) is 0 Å². The van der Waals surface area contributed by atoms with Crippen LogP contribution >= 0.6 is 0 Å². The van der Waals surface area contributed by atoms with Crippen LogP contribution in [0.25, 0.3) is 0 Å². The Hall–Kier alpha value is -2.76. The molecule has 3 rings (SSSR count). The molecule has 6 heteroatoms. The van der Waals surface area contributed by atoms with Crippen molar-refractivity contribution in [2.24, 2.45) is 0 Å². The first-order valence-electron chi connectivity index (χ1n) is 7.30. The third-order valence-electron chi connectivity index (χ3n) is 4.06. The van der Waals surface area contributed by atoms with Crippen molar-refractivity contribution in [2.75, 3.05) is 6.54 Å². The number of halogens is 1. The van der Waals surface area contributed by atoms with E-state index < -0.39 is 23.3 Å². The van der Waals surface area contributed by atoms with Crippen LogP contribution in [0.4, 0.5) is 9.18 Å². The molecule has 1 aromatic carbocycles. The lowest BCUT2D eigenvalue weighted by Crippen LogP contribution is -2.41. The number of rotatable bonds is 4. The fourth-order valence-electron chi connectivity index (χ4n) is 2.74. The highest BCUT2D eigenvalue weighted by molar-refractivity contribution is 6.07. The van der Waals surface area contributed by atoms with Crippen molar-refractivity contribution in [2.45, 2.75) is 18.9 Å². The summed E-state index contributed by atoms with van der Waals surface area (Å²) in [6, 6.07) is 9.13. The summed E-state index contributed by atoms with van der Waals surface area (Å²) in [4.78, 5) is 29.9. The van der Waals surface area contributed by atoms with Crippen LogP contribution in [-0.2, 0) is 16.8 Å². The van der Waals surface area contributed by atoms with Crippen LogP contribution in [0.2, 0.25) is 0 Å². The van der Waals surface area contributed by atoms with Gasteiger partial charge >= 0.3 is 6.03 Å². The summed E-state index contributed by atoms with van der Waals surface area (Å²) in [6.07, 6.45) is 3.84. The second kappa shape index (κ2) is 5.79. The van der Waals surface area contributed by atoms with Crippen molar-refractivity contribution in [1.29, 1.82) is 0 Å². The summed E-state index contributed by atoms with van der Waals surface area (Å²) < 4.78 is 14.0. The van der Waals surface area contributed by atoms with Gasteiger partial charge < -0.3 is 5.32 Å². The Balaban J connectivity index is 1.81. The molecule has 2 aromatic rings. The lowest BCUT2D eigenvalue weighted by molar-refractivity contribution is -0.131. The standard InChI is InChI=1S/C17H16FN3O2/c1-17(13-4-2-3-5-14(13)18)15(22)21(16(23)20-17)11-8-12-6-9-19-10-7-12/h2-7,9-10H,8,11H2,1H3,(H,20,23)/t17-/m0/s1. The second-order valence-corrected chi connectivity index (χ2v) is 5.60. The Morgan fingerprint density at radius 2 is 1.87 bits per heavy atom. The van der Waals surface area contributed by atoms with E-state index in [1.807, 2.05) is 12.1 Å². The SMILES string of the molecule is C[C@@]1(c2ccccc2F)NC(=O)N(CCc2ccncc2)C1=O. The Morgan fingerprint density at radius 3 is 2.57 bits per heavy atom. The van der Waals surface area contributed by atoms with Crippen molar-refractivity contribution in [3.8, 4) is 0 Å². The van der Waals surface area contributed by atoms with Gasteiger partial charge in [-0.1, -0.05) is 18.2 Å². The molecule has 1 N–H and O–H groups in total. The molecule has 1 aliphatic rings. The van der Waals surface area contributed by atoms with E-state index in [1.165, 1.54) is 19.1 Å². The van der Waals surface area contributed by atoms with E-state index in [2.05, 4.69) is 10.3 Å². The molecule has 1 atom stereocenters. The molecule has 0 bridgehead atoms. The first kappa shape index (κ1) is 15.1. The van der Waals surface area contributed by atoms with E-state index >= 15 is 0 Å². The van der Waals surface area contributed by atoms with E-state index in [9.17, 15) is 14.0 Å². The van der Waals surface area contributed by atoms with Gasteiger partial charge in [0.2, 0.25) is 0 Å². The quantitative estimate of drug-likeness (QED) is 0.881. The smallest absolute Gasteiger partial charge is 0.319 e. The van der Waals surface area contributed by atoms with Crippen molar-refractivity contribution < 1.29 is 14.0 Å². The molecule has 0 saturated carbocycles. The van der Waals surface area contributed by atoms with Gasteiger partial charge in [0.25, 0.3) is 5.91 Å². The van der Waals surface area contributed by atoms with Gasteiger partial charge in [-0.2, -0.15) is 0 Å². The zero-order chi connectivity index (χ0) is 16.4. The maximum absolute atomic E-state index is 14.0. The number of pyridine rings is 1. The van der Waals surface area contributed by atoms with Crippen molar-refractivity contribution in [3.63, 3.8) is 0 Å². The van der Waals surface area contributed by atoms with E-state index in [1.54, 1.807) is 24.5 Å². The molecule has 1 fully saturated rings. The molecular weight excluding hydrogens is 297 g/mol. The van der Waals surface area contributed by atoms with Gasteiger partial charge in [-0.15, -0.1) is 0 Å². The van der Waals surface area contributed by atoms with Crippen molar-refractivity contribution in [3.05, 3.63) is 65.7 Å². The van der Waals surface area contributed by atoms with Crippen molar-refractivity contribution >= 4 is 11.9 Å². The number of carbonyl (C=O) groups is 2. The minimum Gasteiger partial charge on any atom is -0.319 e. The van der Waals surface area contributed by atoms with E-state index in [0.717, 1.165) is 10.5 Å². The molecule has 5 nitrogen and oxygen atoms in total. The Morgan fingerprint density at radius 1 is 1.17 bits per heavy atom. The Labute approximate surface area is 133 Å². The van der Waals surface area contributed by atoms with Crippen LogP contribution in [0, 0.1) is 5.82 Å². The zero-order valence-corrected chi connectivity index (χ0v) is 12.6. The van der Waals surface area contributed by atoms with Gasteiger partial charge in [-0.25, -0.2) is 9.18 Å². The first-order chi connectivity index (χ1) is 11.0. The van der Waals surface area contributed by atoms with Gasteiger partial charge in [0, 0.05) is 24.5 Å². The Kier molecular flexibility index (Phi) is 3.82. The fourth-order valence-corrected chi connectivity index (χ4v) is 2.74. The molecule has 1 aromatic heterocycles. The Bertz CT molecular complexity index is 751. The second-order valence-electron chi connectivity index (χ2n) is 5.60. The van der Waals surface area contributed by atoms with Crippen molar-refractivity contribution in [1.82, 2.24) is 15.2 Å². The van der Waals surface area contributed by atoms with Gasteiger partial charge in [0.1, 0.15) is 11.4 Å². The minimum atomic E-state index is -1.37. The number of nitrogens with one attached hydrogen (secondary N) is 1. The predicted octanol–water partition coefficient (Wildman–Crippen LogP) is 2.23. The topological polar surface area (TPSA) is 62.3 Å². The van der Waals surface area contributed by atoms with Crippen LogP contribution in [-0.4, -0.2) is 28.4 Å². The largest absolute Gasteiger partial charge is 0.325 e. The highest BCUT2D eigenvalue weighted by Crippen LogP contribution is 2.30. The van der Waals surface area contributed by atoms with E-state index in [0.29, 0.717) is 6.42 Å². The molecule has 1 aliphatic heterocycles. The maximum Gasteiger partial charge on any atom is 0.325 e. The van der Waals surface area contributed by atoms with Crippen LogP contribution < -0.4 is 5.32 Å². The number of urea groups is 1. The molecule has 0 spiro atoms. The lowest BCUT2D eigenvalue weighted by Gasteiger charge is -2.22. The number of hydrogen-bond acceptors (Lipinski definition) is 3.